The van der Waals surface area contributed by atoms with Gasteiger partial charge in [0.15, 0.2) is 17.4 Å². The summed E-state index contributed by atoms with van der Waals surface area (Å²) in [5, 5.41) is 3.93. The first-order valence-electron chi connectivity index (χ1n) is 10.4. The largest absolute Gasteiger partial charge is 0.491 e. The Morgan fingerprint density at radius 2 is 2.13 bits per heavy atom. The molecule has 164 valence electrons. The molecule has 1 aliphatic carbocycles. The molecular weight excluding hydrogens is 409 g/mol. The minimum Gasteiger partial charge on any atom is -0.491 e. The Kier molecular flexibility index (Phi) is 6.67. The first-order valence-corrected chi connectivity index (χ1v) is 11.9. The van der Waals surface area contributed by atoms with E-state index < -0.39 is 16.6 Å². The van der Waals surface area contributed by atoms with E-state index in [0.29, 0.717) is 41.8 Å². The van der Waals surface area contributed by atoms with Crippen molar-refractivity contribution in [2.45, 2.75) is 37.2 Å². The highest BCUT2D eigenvalue weighted by molar-refractivity contribution is 7.84. The molecule has 3 unspecified atom stereocenters. The molecule has 7 nitrogen and oxygen atoms in total. The number of hydrogen-bond acceptors (Lipinski definition) is 7. The van der Waals surface area contributed by atoms with Gasteiger partial charge in [-0.15, -0.1) is 0 Å². The van der Waals surface area contributed by atoms with Crippen molar-refractivity contribution in [3.63, 3.8) is 0 Å². The van der Waals surface area contributed by atoms with E-state index in [4.69, 9.17) is 14.0 Å². The lowest BCUT2D eigenvalue weighted by Crippen LogP contribution is -2.34. The third kappa shape index (κ3) is 5.00. The number of aromatic nitrogens is 2. The number of halogens is 1. The molecule has 30 heavy (non-hydrogen) atoms. The van der Waals surface area contributed by atoms with Gasteiger partial charge in [-0.3, -0.25) is 4.21 Å². The van der Waals surface area contributed by atoms with E-state index in [0.717, 1.165) is 38.3 Å². The van der Waals surface area contributed by atoms with Crippen LogP contribution in [0.5, 0.6) is 5.75 Å². The molecule has 0 radical (unpaired) electrons. The molecule has 1 saturated carbocycles. The molecular formula is C21H28FN3O4S. The summed E-state index contributed by atoms with van der Waals surface area (Å²) in [4.78, 5) is 7.00. The van der Waals surface area contributed by atoms with Gasteiger partial charge in [0.05, 0.1) is 6.61 Å². The summed E-state index contributed by atoms with van der Waals surface area (Å²) >= 11 is 0. The highest BCUT2D eigenvalue weighted by atomic mass is 32.2. The lowest BCUT2D eigenvalue weighted by Gasteiger charge is -2.30. The number of rotatable bonds is 9. The molecule has 1 aromatic heterocycles. The summed E-state index contributed by atoms with van der Waals surface area (Å²) in [6.45, 7) is 2.72. The Balaban J connectivity index is 1.18. The highest BCUT2D eigenvalue weighted by Gasteiger charge is 2.43. The second kappa shape index (κ2) is 9.43. The van der Waals surface area contributed by atoms with Gasteiger partial charge in [-0.2, -0.15) is 4.98 Å². The fraction of sp³-hybridized carbons (Fsp3) is 0.619. The van der Waals surface area contributed by atoms with Crippen molar-refractivity contribution in [3.8, 4) is 5.75 Å². The monoisotopic (exact) mass is 437 g/mol. The van der Waals surface area contributed by atoms with Crippen molar-refractivity contribution in [2.24, 2.45) is 17.8 Å². The van der Waals surface area contributed by atoms with E-state index >= 15 is 0 Å². The molecule has 2 heterocycles. The molecule has 0 N–H and O–H groups in total. The SMILES string of the molecule is COCc1noc(N2CCC(C3CC3CCOc3ccc(S(C)=O)cc3F)CC2)n1. The lowest BCUT2D eigenvalue weighted by molar-refractivity contribution is 0.174. The molecule has 1 aromatic carbocycles. The molecule has 1 saturated heterocycles. The summed E-state index contributed by atoms with van der Waals surface area (Å²) in [7, 11) is 0.420. The van der Waals surface area contributed by atoms with E-state index in [-0.39, 0.29) is 5.75 Å². The molecule has 2 fully saturated rings. The van der Waals surface area contributed by atoms with Crippen molar-refractivity contribution in [3.05, 3.63) is 29.8 Å². The average Bonchev–Trinajstić information content (AvgIpc) is 3.36. The fourth-order valence-electron chi connectivity index (χ4n) is 4.36. The zero-order chi connectivity index (χ0) is 21.1. The third-order valence-corrected chi connectivity index (χ3v) is 7.02. The Bertz CT molecular complexity index is 885. The second-order valence-electron chi connectivity index (χ2n) is 8.09. The lowest BCUT2D eigenvalue weighted by atomic mass is 9.90. The molecule has 0 bridgehead atoms. The summed E-state index contributed by atoms with van der Waals surface area (Å²) in [6.07, 6.45) is 5.94. The van der Waals surface area contributed by atoms with Crippen LogP contribution in [0.3, 0.4) is 0 Å². The minimum atomic E-state index is -1.19. The predicted octanol–water partition coefficient (Wildman–Crippen LogP) is 3.41. The van der Waals surface area contributed by atoms with Gasteiger partial charge in [-0.1, -0.05) is 5.16 Å². The quantitative estimate of drug-likeness (QED) is 0.595. The average molecular weight is 438 g/mol. The first kappa shape index (κ1) is 21.2. The molecule has 2 aliphatic rings. The van der Waals surface area contributed by atoms with Crippen molar-refractivity contribution in [1.82, 2.24) is 10.1 Å². The predicted molar refractivity (Wildman–Crippen MR) is 110 cm³/mol. The van der Waals surface area contributed by atoms with Crippen LogP contribution in [0.1, 0.15) is 31.5 Å². The molecule has 0 amide bonds. The number of ether oxygens (including phenoxy) is 2. The van der Waals surface area contributed by atoms with Crippen molar-refractivity contribution < 1.29 is 22.6 Å². The molecule has 9 heteroatoms. The van der Waals surface area contributed by atoms with Crippen molar-refractivity contribution >= 4 is 16.8 Å². The summed E-state index contributed by atoms with van der Waals surface area (Å²) < 4.78 is 41.5. The smallest absolute Gasteiger partial charge is 0.324 e. The van der Waals surface area contributed by atoms with E-state index in [1.54, 1.807) is 19.2 Å². The maximum absolute atomic E-state index is 14.1. The zero-order valence-corrected chi connectivity index (χ0v) is 18.2. The molecule has 1 aliphatic heterocycles. The van der Waals surface area contributed by atoms with Crippen LogP contribution in [0.2, 0.25) is 0 Å². The van der Waals surface area contributed by atoms with Gasteiger partial charge in [0.1, 0.15) is 6.61 Å². The van der Waals surface area contributed by atoms with E-state index in [9.17, 15) is 8.60 Å². The maximum atomic E-state index is 14.1. The Morgan fingerprint density at radius 3 is 2.83 bits per heavy atom. The number of benzene rings is 1. The number of hydrogen-bond donors (Lipinski definition) is 0. The van der Waals surface area contributed by atoms with Crippen LogP contribution < -0.4 is 9.64 Å². The van der Waals surface area contributed by atoms with E-state index in [1.165, 1.54) is 18.7 Å². The zero-order valence-electron chi connectivity index (χ0n) is 17.4. The van der Waals surface area contributed by atoms with Gasteiger partial charge in [-0.05, 0) is 61.6 Å². The topological polar surface area (TPSA) is 77.7 Å². The minimum absolute atomic E-state index is 0.238. The first-order chi connectivity index (χ1) is 14.5. The van der Waals surface area contributed by atoms with Gasteiger partial charge in [-0.25, -0.2) is 4.39 Å². The van der Waals surface area contributed by atoms with Crippen LogP contribution in [0.15, 0.2) is 27.6 Å². The number of methoxy groups -OCH3 is 1. The Morgan fingerprint density at radius 1 is 1.33 bits per heavy atom. The van der Waals surface area contributed by atoms with Gasteiger partial charge in [0.2, 0.25) is 0 Å². The Hall–Kier alpha value is -2.00. The summed E-state index contributed by atoms with van der Waals surface area (Å²) in [5.74, 6) is 2.47. The fourth-order valence-corrected chi connectivity index (χ4v) is 4.89. The standard InChI is InChI=1S/C21H28FN3O4S/c1-27-13-20-23-21(29-24-20)25-8-5-14(6-9-25)17-11-15(17)7-10-28-19-4-3-16(30(2)26)12-18(19)22/h3-4,12,14-15,17H,5-11,13H2,1-2H3. The van der Waals surface area contributed by atoms with E-state index in [1.807, 2.05) is 0 Å². The number of anilines is 1. The molecule has 0 spiro atoms. The summed E-state index contributed by atoms with van der Waals surface area (Å²) in [5.41, 5.74) is 0. The van der Waals surface area contributed by atoms with Crippen LogP contribution in [-0.4, -0.2) is 47.4 Å². The molecule has 3 atom stereocenters. The third-order valence-electron chi connectivity index (χ3n) is 6.11. The van der Waals surface area contributed by atoms with Crippen molar-refractivity contribution in [1.29, 1.82) is 0 Å². The molecule has 4 rings (SSSR count). The second-order valence-corrected chi connectivity index (χ2v) is 9.47. The maximum Gasteiger partial charge on any atom is 0.324 e. The van der Waals surface area contributed by atoms with Gasteiger partial charge < -0.3 is 18.9 Å². The van der Waals surface area contributed by atoms with E-state index in [2.05, 4.69) is 15.0 Å². The Labute approximate surface area is 178 Å². The van der Waals surface area contributed by atoms with Gasteiger partial charge in [0, 0.05) is 42.2 Å². The highest BCUT2D eigenvalue weighted by Crippen LogP contribution is 2.50. The molecule has 2 aromatic rings. The van der Waals surface area contributed by atoms with Gasteiger partial charge >= 0.3 is 6.01 Å². The normalized spacial score (nSPS) is 22.8. The number of nitrogens with zero attached hydrogens (tertiary/aromatic N) is 3. The van der Waals surface area contributed by atoms with Crippen LogP contribution in [0.25, 0.3) is 0 Å². The van der Waals surface area contributed by atoms with Crippen LogP contribution in [0.4, 0.5) is 10.4 Å². The van der Waals surface area contributed by atoms with Crippen LogP contribution in [0, 0.1) is 23.6 Å². The summed E-state index contributed by atoms with van der Waals surface area (Å²) in [6, 6.07) is 5.10. The van der Waals surface area contributed by atoms with Crippen molar-refractivity contribution in [2.75, 3.05) is 38.0 Å². The van der Waals surface area contributed by atoms with Crippen LogP contribution >= 0.6 is 0 Å². The van der Waals surface area contributed by atoms with Gasteiger partial charge in [0.25, 0.3) is 0 Å². The van der Waals surface area contributed by atoms with Crippen LogP contribution in [-0.2, 0) is 22.1 Å². The number of piperidine rings is 1.